The molecule has 6 rings (SSSR count). The number of primary amides is 1. The maximum absolute atomic E-state index is 13.0. The molecule has 4 aromatic heterocycles. The number of thiophene rings is 2. The second-order valence-corrected chi connectivity index (χ2v) is 11.0. The SMILES string of the molecule is CCOC(=O)c1nnc(Cl)c2cc(-c3ccc(F)cc3)sc12.N.NC(=O)c1nnc(N)c2cc(-c3ccc(F)cc3)sc12. The zero-order valence-electron chi connectivity index (χ0n) is 22.3. The molecule has 6 aromatic rings. The highest BCUT2D eigenvalue weighted by Crippen LogP contribution is 2.38. The number of ether oxygens (including phenoxy) is 1. The van der Waals surface area contributed by atoms with Gasteiger partial charge in [-0.15, -0.1) is 43.1 Å². The standard InChI is InChI=1S/C15H10ClFN2O2S.C13H9FN4OS.H3N/c1-2-21-15(20)12-13-10(14(16)19-18-12)7-11(22-13)8-3-5-9(17)6-4-8;14-7-3-1-6(2-4-7)9-5-8-11(20-9)10(13(16)19)17-18-12(8)15;/h3-7H,2H2,1H3;1-5H,(H2,15,18)(H2,16,19);1H3. The van der Waals surface area contributed by atoms with E-state index in [1.165, 1.54) is 46.9 Å². The summed E-state index contributed by atoms with van der Waals surface area (Å²) >= 11 is 8.72. The molecular formula is C28H22ClF2N7O3S2. The van der Waals surface area contributed by atoms with Crippen molar-refractivity contribution in [3.63, 3.8) is 0 Å². The van der Waals surface area contributed by atoms with E-state index in [9.17, 15) is 18.4 Å². The van der Waals surface area contributed by atoms with Crippen LogP contribution in [-0.4, -0.2) is 38.9 Å². The summed E-state index contributed by atoms with van der Waals surface area (Å²) in [5.74, 6) is -1.58. The van der Waals surface area contributed by atoms with Crippen LogP contribution in [0.25, 0.3) is 41.1 Å². The van der Waals surface area contributed by atoms with Crippen molar-refractivity contribution in [3.05, 3.63) is 88.8 Å². The Kier molecular flexibility index (Phi) is 9.56. The number of benzene rings is 2. The fourth-order valence-electron chi connectivity index (χ4n) is 3.88. The number of aromatic nitrogens is 4. The van der Waals surface area contributed by atoms with Crippen molar-refractivity contribution < 1.29 is 23.1 Å². The molecule has 0 fully saturated rings. The topological polar surface area (TPSA) is 182 Å². The Morgan fingerprint density at radius 1 is 0.814 bits per heavy atom. The minimum atomic E-state index is -0.657. The zero-order valence-corrected chi connectivity index (χ0v) is 24.7. The van der Waals surface area contributed by atoms with Gasteiger partial charge in [0.2, 0.25) is 0 Å². The summed E-state index contributed by atoms with van der Waals surface area (Å²) < 4.78 is 32.1. The van der Waals surface area contributed by atoms with Crippen molar-refractivity contribution in [1.82, 2.24) is 26.5 Å². The zero-order chi connectivity index (χ0) is 30.0. The number of hydrogen-bond donors (Lipinski definition) is 3. The number of halogens is 3. The molecule has 1 amide bonds. The lowest BCUT2D eigenvalue weighted by Gasteiger charge is -2.01. The Bertz CT molecular complexity index is 1950. The van der Waals surface area contributed by atoms with E-state index < -0.39 is 11.9 Å². The Balaban J connectivity index is 0.000000193. The summed E-state index contributed by atoms with van der Waals surface area (Å²) in [5.41, 5.74) is 12.9. The van der Waals surface area contributed by atoms with Gasteiger partial charge in [-0.3, -0.25) is 4.79 Å². The Morgan fingerprint density at radius 3 is 1.81 bits per heavy atom. The number of hydrogen-bond acceptors (Lipinski definition) is 11. The van der Waals surface area contributed by atoms with Crippen LogP contribution in [-0.2, 0) is 4.74 Å². The smallest absolute Gasteiger partial charge is 0.360 e. The summed E-state index contributed by atoms with van der Waals surface area (Å²) in [6.45, 7) is 1.97. The van der Waals surface area contributed by atoms with E-state index in [0.29, 0.717) is 20.2 Å². The van der Waals surface area contributed by atoms with Gasteiger partial charge in [-0.1, -0.05) is 35.9 Å². The predicted molar refractivity (Wildman–Crippen MR) is 165 cm³/mol. The maximum atomic E-state index is 13.0. The second-order valence-electron chi connectivity index (χ2n) is 8.58. The lowest BCUT2D eigenvalue weighted by Crippen LogP contribution is -2.14. The average molecular weight is 642 g/mol. The largest absolute Gasteiger partial charge is 0.461 e. The van der Waals surface area contributed by atoms with Crippen molar-refractivity contribution in [2.45, 2.75) is 6.92 Å². The van der Waals surface area contributed by atoms with Crippen LogP contribution < -0.4 is 17.6 Å². The highest BCUT2D eigenvalue weighted by Gasteiger charge is 2.20. The molecule has 0 atom stereocenters. The van der Waals surface area contributed by atoms with Crippen LogP contribution in [0.2, 0.25) is 5.15 Å². The first-order chi connectivity index (χ1) is 20.2. The molecule has 4 heterocycles. The molecule has 7 N–H and O–H groups in total. The van der Waals surface area contributed by atoms with Crippen LogP contribution >= 0.6 is 34.3 Å². The fourth-order valence-corrected chi connectivity index (χ4v) is 6.42. The Labute approximate surface area is 255 Å². The third kappa shape index (κ3) is 6.57. The molecule has 0 unspecified atom stereocenters. The lowest BCUT2D eigenvalue weighted by molar-refractivity contribution is 0.0521. The first kappa shape index (κ1) is 31.3. The second kappa shape index (κ2) is 13.1. The Hall–Kier alpha value is -4.63. The lowest BCUT2D eigenvalue weighted by atomic mass is 10.1. The van der Waals surface area contributed by atoms with E-state index in [4.69, 9.17) is 27.8 Å². The third-order valence-corrected chi connectivity index (χ3v) is 8.51. The number of nitrogens with two attached hydrogens (primary N) is 2. The number of nitrogens with zero attached hydrogens (tertiary/aromatic N) is 4. The molecule has 0 aliphatic heterocycles. The molecule has 0 aliphatic rings. The van der Waals surface area contributed by atoms with Crippen molar-refractivity contribution in [2.24, 2.45) is 5.73 Å². The highest BCUT2D eigenvalue weighted by atomic mass is 35.5. The van der Waals surface area contributed by atoms with Gasteiger partial charge in [-0.05, 0) is 54.4 Å². The van der Waals surface area contributed by atoms with Gasteiger partial charge in [-0.2, -0.15) is 0 Å². The quantitative estimate of drug-likeness (QED) is 0.173. The van der Waals surface area contributed by atoms with Crippen LogP contribution in [0.3, 0.4) is 0 Å². The number of nitrogen functional groups attached to an aromatic ring is 1. The molecule has 0 saturated heterocycles. The predicted octanol–water partition coefficient (Wildman–Crippen LogP) is 6.67. The third-order valence-electron chi connectivity index (χ3n) is 5.85. The van der Waals surface area contributed by atoms with Crippen LogP contribution in [0.1, 0.15) is 27.9 Å². The van der Waals surface area contributed by atoms with Gasteiger partial charge in [-0.25, -0.2) is 13.6 Å². The van der Waals surface area contributed by atoms with Gasteiger partial charge < -0.3 is 22.4 Å². The molecule has 43 heavy (non-hydrogen) atoms. The first-order valence-electron chi connectivity index (χ1n) is 12.2. The average Bonchev–Trinajstić information content (AvgIpc) is 3.61. The monoisotopic (exact) mass is 641 g/mol. The summed E-state index contributed by atoms with van der Waals surface area (Å²) in [4.78, 5) is 25.0. The normalized spacial score (nSPS) is 10.6. The molecule has 0 bridgehead atoms. The van der Waals surface area contributed by atoms with Gasteiger partial charge in [0, 0.05) is 20.5 Å². The minimum absolute atomic E-state index is 0. The summed E-state index contributed by atoms with van der Waals surface area (Å²) in [7, 11) is 0. The number of carbonyl (C=O) groups is 2. The molecule has 15 heteroatoms. The summed E-state index contributed by atoms with van der Waals surface area (Å²) in [6.07, 6.45) is 0. The van der Waals surface area contributed by atoms with E-state index in [-0.39, 0.29) is 46.8 Å². The maximum Gasteiger partial charge on any atom is 0.360 e. The molecule has 0 radical (unpaired) electrons. The van der Waals surface area contributed by atoms with Crippen molar-refractivity contribution in [3.8, 4) is 20.9 Å². The van der Waals surface area contributed by atoms with Crippen LogP contribution in [0, 0.1) is 11.6 Å². The minimum Gasteiger partial charge on any atom is -0.461 e. The number of carbonyl (C=O) groups excluding carboxylic acids is 2. The van der Waals surface area contributed by atoms with E-state index in [0.717, 1.165) is 20.9 Å². The van der Waals surface area contributed by atoms with Gasteiger partial charge in [0.25, 0.3) is 5.91 Å². The van der Waals surface area contributed by atoms with E-state index in [1.807, 2.05) is 6.07 Å². The Morgan fingerprint density at radius 2 is 1.30 bits per heavy atom. The number of fused-ring (bicyclic) bond motifs is 2. The first-order valence-corrected chi connectivity index (χ1v) is 14.2. The summed E-state index contributed by atoms with van der Waals surface area (Å²) in [5, 5.41) is 16.6. The molecule has 0 aliphatic carbocycles. The summed E-state index contributed by atoms with van der Waals surface area (Å²) in [6, 6.07) is 15.7. The molecule has 0 spiro atoms. The number of esters is 1. The number of rotatable bonds is 5. The van der Waals surface area contributed by atoms with Gasteiger partial charge >= 0.3 is 5.97 Å². The van der Waals surface area contributed by atoms with Crippen LogP contribution in [0.15, 0.2) is 60.7 Å². The van der Waals surface area contributed by atoms with Crippen molar-refractivity contribution in [2.75, 3.05) is 12.3 Å². The number of amides is 1. The molecule has 0 saturated carbocycles. The van der Waals surface area contributed by atoms with Crippen LogP contribution in [0.5, 0.6) is 0 Å². The molecule has 10 nitrogen and oxygen atoms in total. The van der Waals surface area contributed by atoms with Crippen molar-refractivity contribution >= 4 is 72.1 Å². The van der Waals surface area contributed by atoms with Crippen LogP contribution in [0.4, 0.5) is 14.6 Å². The van der Waals surface area contributed by atoms with E-state index in [1.54, 1.807) is 37.3 Å². The highest BCUT2D eigenvalue weighted by molar-refractivity contribution is 7.23. The molecule has 2 aromatic carbocycles. The number of anilines is 1. The van der Waals surface area contributed by atoms with E-state index in [2.05, 4.69) is 20.4 Å². The molecular weight excluding hydrogens is 620 g/mol. The van der Waals surface area contributed by atoms with Gasteiger partial charge in [0.05, 0.1) is 16.0 Å². The van der Waals surface area contributed by atoms with Gasteiger partial charge in [0.1, 0.15) is 11.6 Å². The van der Waals surface area contributed by atoms with E-state index >= 15 is 0 Å². The van der Waals surface area contributed by atoms with Crippen molar-refractivity contribution in [1.29, 1.82) is 0 Å². The van der Waals surface area contributed by atoms with Gasteiger partial charge in [0.15, 0.2) is 22.4 Å². The molecule has 220 valence electrons. The fraction of sp³-hybridized carbons (Fsp3) is 0.0714.